The average molecular weight is 239 g/mol. The predicted molar refractivity (Wildman–Crippen MR) is 50.7 cm³/mol. The fourth-order valence-electron chi connectivity index (χ4n) is 1.25. The minimum Gasteiger partial charge on any atom is -0.359 e. The van der Waals surface area contributed by atoms with Gasteiger partial charge in [-0.3, -0.25) is 0 Å². The molecule has 0 unspecified atom stereocenters. The van der Waals surface area contributed by atoms with E-state index in [-0.39, 0.29) is 5.56 Å². The number of hydrogen-bond donors (Lipinski definition) is 1. The summed E-state index contributed by atoms with van der Waals surface area (Å²) in [4.78, 5) is 2.84. The minimum absolute atomic E-state index is 0.0585. The SMILES string of the molecule is N#Cc1c(F)ccc2c(Br)c[nH]c12. The van der Waals surface area contributed by atoms with Gasteiger partial charge in [-0.25, -0.2) is 4.39 Å². The van der Waals surface area contributed by atoms with E-state index in [4.69, 9.17) is 5.26 Å². The Morgan fingerprint density at radius 2 is 2.23 bits per heavy atom. The molecule has 0 aliphatic carbocycles. The zero-order valence-electron chi connectivity index (χ0n) is 6.44. The van der Waals surface area contributed by atoms with E-state index in [1.54, 1.807) is 12.3 Å². The van der Waals surface area contributed by atoms with E-state index in [0.717, 1.165) is 9.86 Å². The molecule has 1 heterocycles. The molecule has 0 spiro atoms. The third-order valence-electron chi connectivity index (χ3n) is 1.87. The molecule has 2 nitrogen and oxygen atoms in total. The molecule has 0 amide bonds. The summed E-state index contributed by atoms with van der Waals surface area (Å²) in [6.45, 7) is 0. The lowest BCUT2D eigenvalue weighted by Gasteiger charge is -1.95. The molecular weight excluding hydrogens is 235 g/mol. The number of aromatic amines is 1. The van der Waals surface area contributed by atoms with Crippen molar-refractivity contribution in [3.8, 4) is 6.07 Å². The van der Waals surface area contributed by atoms with Crippen LogP contribution in [0.1, 0.15) is 5.56 Å². The van der Waals surface area contributed by atoms with Crippen molar-refractivity contribution in [3.63, 3.8) is 0 Å². The molecule has 0 bridgehead atoms. The first-order valence-electron chi connectivity index (χ1n) is 3.59. The number of fused-ring (bicyclic) bond motifs is 1. The molecule has 13 heavy (non-hydrogen) atoms. The second kappa shape index (κ2) is 2.86. The van der Waals surface area contributed by atoms with Gasteiger partial charge in [0, 0.05) is 16.1 Å². The number of nitrogens with zero attached hydrogens (tertiary/aromatic N) is 1. The van der Waals surface area contributed by atoms with Crippen molar-refractivity contribution in [1.82, 2.24) is 4.98 Å². The van der Waals surface area contributed by atoms with Gasteiger partial charge < -0.3 is 4.98 Å². The average Bonchev–Trinajstić information content (AvgIpc) is 2.48. The van der Waals surface area contributed by atoms with Gasteiger partial charge in [0.25, 0.3) is 0 Å². The van der Waals surface area contributed by atoms with E-state index >= 15 is 0 Å². The Bertz CT molecular complexity index is 510. The monoisotopic (exact) mass is 238 g/mol. The lowest BCUT2D eigenvalue weighted by atomic mass is 10.1. The zero-order valence-corrected chi connectivity index (χ0v) is 8.02. The molecule has 0 fully saturated rings. The van der Waals surface area contributed by atoms with Crippen molar-refractivity contribution in [3.05, 3.63) is 34.2 Å². The number of aromatic nitrogens is 1. The number of nitriles is 1. The molecule has 0 aliphatic rings. The van der Waals surface area contributed by atoms with Gasteiger partial charge in [-0.2, -0.15) is 5.26 Å². The van der Waals surface area contributed by atoms with Crippen LogP contribution in [0.15, 0.2) is 22.8 Å². The number of rotatable bonds is 0. The van der Waals surface area contributed by atoms with Crippen molar-refractivity contribution in [2.24, 2.45) is 0 Å². The van der Waals surface area contributed by atoms with Crippen LogP contribution in [0.4, 0.5) is 4.39 Å². The molecule has 4 heteroatoms. The summed E-state index contributed by atoms with van der Waals surface area (Å²) in [6, 6.07) is 4.75. The molecular formula is C9H4BrFN2. The molecule has 64 valence electrons. The maximum atomic E-state index is 13.1. The Labute approximate surface area is 82.1 Å². The molecule has 2 rings (SSSR count). The van der Waals surface area contributed by atoms with Gasteiger partial charge >= 0.3 is 0 Å². The van der Waals surface area contributed by atoms with Crippen LogP contribution >= 0.6 is 15.9 Å². The van der Waals surface area contributed by atoms with Crippen molar-refractivity contribution >= 4 is 26.8 Å². The van der Waals surface area contributed by atoms with E-state index < -0.39 is 5.82 Å². The minimum atomic E-state index is -0.496. The van der Waals surface area contributed by atoms with Crippen LogP contribution in [0.5, 0.6) is 0 Å². The maximum absolute atomic E-state index is 13.1. The molecule has 0 saturated carbocycles. The van der Waals surface area contributed by atoms with Crippen molar-refractivity contribution < 1.29 is 4.39 Å². The van der Waals surface area contributed by atoms with Crippen LogP contribution in [0, 0.1) is 17.1 Å². The van der Waals surface area contributed by atoms with Gasteiger partial charge in [0.05, 0.1) is 5.52 Å². The highest BCUT2D eigenvalue weighted by Gasteiger charge is 2.09. The van der Waals surface area contributed by atoms with Crippen molar-refractivity contribution in [1.29, 1.82) is 5.26 Å². The first-order valence-corrected chi connectivity index (χ1v) is 4.38. The van der Waals surface area contributed by atoms with Crippen LogP contribution in [0.3, 0.4) is 0 Å². The van der Waals surface area contributed by atoms with E-state index in [1.807, 2.05) is 6.07 Å². The molecule has 0 radical (unpaired) electrons. The third kappa shape index (κ3) is 1.12. The Hall–Kier alpha value is -1.34. The van der Waals surface area contributed by atoms with Crippen LogP contribution in [-0.2, 0) is 0 Å². The van der Waals surface area contributed by atoms with Gasteiger partial charge in [-0.15, -0.1) is 0 Å². The largest absolute Gasteiger partial charge is 0.359 e. The van der Waals surface area contributed by atoms with Gasteiger partial charge in [-0.05, 0) is 28.1 Å². The van der Waals surface area contributed by atoms with Crippen LogP contribution in [0.25, 0.3) is 10.9 Å². The molecule has 0 atom stereocenters. The van der Waals surface area contributed by atoms with Crippen molar-refractivity contribution in [2.45, 2.75) is 0 Å². The Balaban J connectivity index is 2.95. The Morgan fingerprint density at radius 1 is 1.46 bits per heavy atom. The van der Waals surface area contributed by atoms with E-state index in [0.29, 0.717) is 5.52 Å². The highest BCUT2D eigenvalue weighted by Crippen LogP contribution is 2.26. The van der Waals surface area contributed by atoms with E-state index in [9.17, 15) is 4.39 Å². The predicted octanol–water partition coefficient (Wildman–Crippen LogP) is 2.94. The van der Waals surface area contributed by atoms with Gasteiger partial charge in [0.2, 0.25) is 0 Å². The lowest BCUT2D eigenvalue weighted by Crippen LogP contribution is -1.84. The van der Waals surface area contributed by atoms with Crippen LogP contribution < -0.4 is 0 Å². The standard InChI is InChI=1S/C9H4BrFN2/c10-7-4-13-9-5(7)1-2-8(11)6(9)3-12/h1-2,4,13H. The number of nitrogens with one attached hydrogen (secondary N) is 1. The van der Waals surface area contributed by atoms with Crippen molar-refractivity contribution in [2.75, 3.05) is 0 Å². The fraction of sp³-hybridized carbons (Fsp3) is 0. The normalized spacial score (nSPS) is 10.2. The summed E-state index contributed by atoms with van der Waals surface area (Å²) in [7, 11) is 0. The van der Waals surface area contributed by atoms with Crippen LogP contribution in [-0.4, -0.2) is 4.98 Å². The van der Waals surface area contributed by atoms with Crippen LogP contribution in [0.2, 0.25) is 0 Å². The fourth-order valence-corrected chi connectivity index (χ4v) is 1.69. The summed E-state index contributed by atoms with van der Waals surface area (Å²) in [5, 5.41) is 9.52. The smallest absolute Gasteiger partial charge is 0.143 e. The van der Waals surface area contributed by atoms with E-state index in [2.05, 4.69) is 20.9 Å². The summed E-state index contributed by atoms with van der Waals surface area (Å²) in [5.74, 6) is -0.496. The van der Waals surface area contributed by atoms with Gasteiger partial charge in [-0.1, -0.05) is 0 Å². The molecule has 2 aromatic rings. The quantitative estimate of drug-likeness (QED) is 0.754. The molecule has 0 saturated heterocycles. The topological polar surface area (TPSA) is 39.6 Å². The molecule has 1 aromatic heterocycles. The maximum Gasteiger partial charge on any atom is 0.143 e. The number of hydrogen-bond acceptors (Lipinski definition) is 1. The highest BCUT2D eigenvalue weighted by molar-refractivity contribution is 9.10. The molecule has 0 aliphatic heterocycles. The van der Waals surface area contributed by atoms with E-state index in [1.165, 1.54) is 6.07 Å². The number of H-pyrrole nitrogens is 1. The zero-order chi connectivity index (χ0) is 9.42. The Kier molecular flexibility index (Phi) is 1.82. The third-order valence-corrected chi connectivity index (χ3v) is 2.52. The number of benzene rings is 1. The highest BCUT2D eigenvalue weighted by atomic mass is 79.9. The van der Waals surface area contributed by atoms with Gasteiger partial charge in [0.15, 0.2) is 0 Å². The Morgan fingerprint density at radius 3 is 2.92 bits per heavy atom. The summed E-state index contributed by atoms with van der Waals surface area (Å²) >= 11 is 3.29. The lowest BCUT2D eigenvalue weighted by molar-refractivity contribution is 0.626. The summed E-state index contributed by atoms with van der Waals surface area (Å²) in [6.07, 6.45) is 1.69. The first kappa shape index (κ1) is 8.27. The first-order chi connectivity index (χ1) is 6.24. The summed E-state index contributed by atoms with van der Waals surface area (Å²) < 4.78 is 13.9. The number of halogens is 2. The van der Waals surface area contributed by atoms with Gasteiger partial charge in [0.1, 0.15) is 17.4 Å². The molecule has 1 aromatic carbocycles. The molecule has 1 N–H and O–H groups in total. The second-order valence-corrected chi connectivity index (χ2v) is 3.45. The summed E-state index contributed by atoms with van der Waals surface area (Å²) in [5.41, 5.74) is 0.595. The second-order valence-electron chi connectivity index (χ2n) is 2.59.